The monoisotopic (exact) mass is 419 g/mol. The molecule has 30 heavy (non-hydrogen) atoms. The Labute approximate surface area is 175 Å². The van der Waals surface area contributed by atoms with Crippen LogP contribution in [-0.2, 0) is 16.1 Å². The highest BCUT2D eigenvalue weighted by Gasteiger charge is 2.42. The number of nitrogens with zero attached hydrogens (tertiary/aromatic N) is 2. The van der Waals surface area contributed by atoms with Gasteiger partial charge in [0.25, 0.3) is 6.47 Å². The van der Waals surface area contributed by atoms with Crippen LogP contribution in [0.3, 0.4) is 0 Å². The summed E-state index contributed by atoms with van der Waals surface area (Å²) < 4.78 is 27.0. The highest BCUT2D eigenvalue weighted by Crippen LogP contribution is 2.30. The second-order valence-corrected chi connectivity index (χ2v) is 7.43. The molecule has 0 unspecified atom stereocenters. The fourth-order valence-corrected chi connectivity index (χ4v) is 3.65. The van der Waals surface area contributed by atoms with Gasteiger partial charge in [-0.15, -0.1) is 0 Å². The van der Waals surface area contributed by atoms with Crippen molar-refractivity contribution in [2.24, 2.45) is 0 Å². The van der Waals surface area contributed by atoms with Crippen molar-refractivity contribution in [1.82, 2.24) is 9.80 Å². The second kappa shape index (κ2) is 10.7. The number of likely N-dealkylation sites (tertiary alicyclic amines) is 1. The number of piperidine rings is 1. The number of carbonyl (C=O) groups is 2. The van der Waals surface area contributed by atoms with Crippen LogP contribution in [0.5, 0.6) is 0 Å². The van der Waals surface area contributed by atoms with E-state index in [0.29, 0.717) is 38.2 Å². The molecule has 162 valence electrons. The zero-order chi connectivity index (χ0) is 22.1. The van der Waals surface area contributed by atoms with E-state index in [1.54, 1.807) is 37.2 Å². The van der Waals surface area contributed by atoms with E-state index < -0.39 is 5.54 Å². The van der Waals surface area contributed by atoms with Crippen molar-refractivity contribution in [3.63, 3.8) is 0 Å². The first-order valence-corrected chi connectivity index (χ1v) is 9.60. The maximum Gasteiger partial charge on any atom is 0.290 e. The lowest BCUT2D eigenvalue weighted by Crippen LogP contribution is -2.57. The molecule has 1 saturated heterocycles. The predicted octanol–water partition coefficient (Wildman–Crippen LogP) is 3.20. The van der Waals surface area contributed by atoms with Crippen LogP contribution in [0.25, 0.3) is 0 Å². The van der Waals surface area contributed by atoms with Gasteiger partial charge in [0, 0.05) is 39.4 Å². The summed E-state index contributed by atoms with van der Waals surface area (Å²) in [5, 5.41) is 10.2. The van der Waals surface area contributed by atoms with Gasteiger partial charge >= 0.3 is 0 Å². The van der Waals surface area contributed by atoms with E-state index in [0.717, 1.165) is 5.56 Å². The van der Waals surface area contributed by atoms with Gasteiger partial charge in [-0.05, 0) is 48.7 Å². The number of carbonyl (C=O) groups excluding carboxylic acids is 1. The van der Waals surface area contributed by atoms with Crippen molar-refractivity contribution >= 4 is 18.1 Å². The Balaban J connectivity index is 0.00000101. The maximum atomic E-state index is 13.6. The van der Waals surface area contributed by atoms with Crippen molar-refractivity contribution in [3.05, 3.63) is 65.7 Å². The van der Waals surface area contributed by atoms with Crippen LogP contribution in [0.2, 0.25) is 0 Å². The number of anilines is 1. The second-order valence-electron chi connectivity index (χ2n) is 7.43. The Morgan fingerprint density at radius 2 is 1.70 bits per heavy atom. The van der Waals surface area contributed by atoms with Gasteiger partial charge in [0.05, 0.1) is 0 Å². The molecule has 1 aliphatic rings. The Morgan fingerprint density at radius 3 is 2.23 bits per heavy atom. The molecule has 0 radical (unpaired) electrons. The van der Waals surface area contributed by atoms with Gasteiger partial charge in [0.1, 0.15) is 17.2 Å². The summed E-state index contributed by atoms with van der Waals surface area (Å²) in [6, 6.07) is 12.8. The molecular formula is C22H27F2N3O3. The quantitative estimate of drug-likeness (QED) is 0.729. The van der Waals surface area contributed by atoms with Crippen LogP contribution >= 0.6 is 0 Å². The lowest BCUT2D eigenvalue weighted by molar-refractivity contribution is -0.135. The fourth-order valence-electron chi connectivity index (χ4n) is 3.65. The number of hydrogen-bond donors (Lipinski definition) is 2. The summed E-state index contributed by atoms with van der Waals surface area (Å²) in [5.74, 6) is -0.595. The molecule has 3 rings (SSSR count). The van der Waals surface area contributed by atoms with Crippen LogP contribution in [0.15, 0.2) is 48.5 Å². The summed E-state index contributed by atoms with van der Waals surface area (Å²) in [6.45, 7) is 1.78. The van der Waals surface area contributed by atoms with Gasteiger partial charge in [0.2, 0.25) is 5.91 Å². The highest BCUT2D eigenvalue weighted by atomic mass is 19.1. The van der Waals surface area contributed by atoms with Crippen LogP contribution < -0.4 is 5.32 Å². The van der Waals surface area contributed by atoms with Crippen LogP contribution in [0, 0.1) is 11.6 Å². The number of likely N-dealkylation sites (N-methyl/N-ethyl adjacent to an activating group) is 1. The molecule has 1 amide bonds. The lowest BCUT2D eigenvalue weighted by Gasteiger charge is -2.43. The Hall–Kier alpha value is -3.00. The largest absolute Gasteiger partial charge is 0.483 e. The van der Waals surface area contributed by atoms with Crippen LogP contribution in [0.1, 0.15) is 18.4 Å². The first-order chi connectivity index (χ1) is 14.3. The Morgan fingerprint density at radius 1 is 1.13 bits per heavy atom. The molecule has 8 heteroatoms. The number of nitrogens with one attached hydrogen (secondary N) is 1. The van der Waals surface area contributed by atoms with E-state index in [1.165, 1.54) is 24.3 Å². The minimum Gasteiger partial charge on any atom is -0.483 e. The standard InChI is InChI=1S/C21H25F2N3O.CH2O2/c1-25(2)20(27)21(24-19-8-4-7-18(23)14-19)9-11-26(12-10-21)15-16-5-3-6-17(22)13-16;2-1-3/h3-8,13-14,24H,9-12,15H2,1-2H3;1H,(H,2,3). The number of hydrogen-bond acceptors (Lipinski definition) is 4. The van der Waals surface area contributed by atoms with E-state index in [2.05, 4.69) is 10.2 Å². The van der Waals surface area contributed by atoms with Gasteiger partial charge in [0.15, 0.2) is 0 Å². The predicted molar refractivity (Wildman–Crippen MR) is 111 cm³/mol. The van der Waals surface area contributed by atoms with Gasteiger partial charge in [-0.25, -0.2) is 8.78 Å². The minimum atomic E-state index is -0.768. The molecule has 0 atom stereocenters. The number of carboxylic acid groups (broad SMARTS) is 1. The molecule has 0 spiro atoms. The third kappa shape index (κ3) is 6.25. The van der Waals surface area contributed by atoms with Gasteiger partial charge in [-0.3, -0.25) is 14.5 Å². The smallest absolute Gasteiger partial charge is 0.290 e. The van der Waals surface area contributed by atoms with Crippen molar-refractivity contribution in [2.75, 3.05) is 32.5 Å². The summed E-state index contributed by atoms with van der Waals surface area (Å²) in [7, 11) is 3.47. The molecule has 2 aromatic carbocycles. The van der Waals surface area contributed by atoms with Crippen molar-refractivity contribution in [2.45, 2.75) is 24.9 Å². The van der Waals surface area contributed by atoms with Crippen molar-refractivity contribution in [1.29, 1.82) is 0 Å². The highest BCUT2D eigenvalue weighted by molar-refractivity contribution is 5.89. The third-order valence-electron chi connectivity index (χ3n) is 5.03. The Kier molecular flexibility index (Phi) is 8.29. The van der Waals surface area contributed by atoms with E-state index >= 15 is 0 Å². The Bertz CT molecular complexity index is 853. The average molecular weight is 419 g/mol. The summed E-state index contributed by atoms with van der Waals surface area (Å²) in [6.07, 6.45) is 1.19. The van der Waals surface area contributed by atoms with E-state index in [9.17, 15) is 13.6 Å². The number of benzene rings is 2. The first kappa shape index (κ1) is 23.3. The zero-order valence-electron chi connectivity index (χ0n) is 17.1. The molecule has 0 aromatic heterocycles. The molecule has 0 aliphatic carbocycles. The van der Waals surface area contributed by atoms with Crippen LogP contribution in [0.4, 0.5) is 14.5 Å². The normalized spacial score (nSPS) is 15.5. The summed E-state index contributed by atoms with van der Waals surface area (Å²) in [4.78, 5) is 25.1. The average Bonchev–Trinajstić information content (AvgIpc) is 2.70. The summed E-state index contributed by atoms with van der Waals surface area (Å²) >= 11 is 0. The fraction of sp³-hybridized carbons (Fsp3) is 0.364. The molecule has 0 bridgehead atoms. The lowest BCUT2D eigenvalue weighted by atomic mass is 9.85. The SMILES string of the molecule is CN(C)C(=O)C1(Nc2cccc(F)c2)CCN(Cc2cccc(F)c2)CC1.O=CO. The number of amides is 1. The molecule has 6 nitrogen and oxygen atoms in total. The number of rotatable bonds is 5. The minimum absolute atomic E-state index is 0.0165. The molecule has 2 aromatic rings. The third-order valence-corrected chi connectivity index (χ3v) is 5.03. The maximum absolute atomic E-state index is 13.6. The van der Waals surface area contributed by atoms with E-state index in [1.807, 2.05) is 6.07 Å². The molecule has 1 fully saturated rings. The van der Waals surface area contributed by atoms with E-state index in [-0.39, 0.29) is 24.0 Å². The molecule has 1 aliphatic heterocycles. The first-order valence-electron chi connectivity index (χ1n) is 9.60. The zero-order valence-corrected chi connectivity index (χ0v) is 17.1. The molecule has 0 saturated carbocycles. The number of halogens is 2. The van der Waals surface area contributed by atoms with Crippen molar-refractivity contribution in [3.8, 4) is 0 Å². The van der Waals surface area contributed by atoms with E-state index in [4.69, 9.17) is 9.90 Å². The summed E-state index contributed by atoms with van der Waals surface area (Å²) in [5.41, 5.74) is 0.749. The molecule has 1 heterocycles. The topological polar surface area (TPSA) is 72.9 Å². The van der Waals surface area contributed by atoms with Gasteiger partial charge < -0.3 is 15.3 Å². The van der Waals surface area contributed by atoms with Gasteiger partial charge in [-0.2, -0.15) is 0 Å². The van der Waals surface area contributed by atoms with Crippen molar-refractivity contribution < 1.29 is 23.5 Å². The molecular weight excluding hydrogens is 392 g/mol. The molecule has 2 N–H and O–H groups in total. The van der Waals surface area contributed by atoms with Crippen LogP contribution in [-0.4, -0.2) is 60.0 Å². The van der Waals surface area contributed by atoms with Gasteiger partial charge in [-0.1, -0.05) is 18.2 Å².